The number of benzene rings is 11. The minimum atomic E-state index is -0.635. The molecule has 0 saturated carbocycles. The van der Waals surface area contributed by atoms with E-state index in [-0.39, 0.29) is 0 Å². The quantitative estimate of drug-likeness (QED) is 0.150. The predicted molar refractivity (Wildman–Crippen MR) is 307 cm³/mol. The van der Waals surface area contributed by atoms with E-state index in [1.165, 1.54) is 100 Å². The van der Waals surface area contributed by atoms with Crippen molar-refractivity contribution in [3.8, 4) is 55.6 Å². The Morgan fingerprint density at radius 3 is 0.781 bits per heavy atom. The van der Waals surface area contributed by atoms with E-state index in [2.05, 4.69) is 292 Å². The number of anilines is 6. The van der Waals surface area contributed by atoms with E-state index in [4.69, 9.17) is 0 Å². The molecule has 73 heavy (non-hydrogen) atoms. The average molecular weight is 935 g/mol. The van der Waals surface area contributed by atoms with Crippen molar-refractivity contribution < 1.29 is 0 Å². The van der Waals surface area contributed by atoms with Gasteiger partial charge in [0.1, 0.15) is 0 Å². The van der Waals surface area contributed by atoms with E-state index in [1.807, 2.05) is 0 Å². The van der Waals surface area contributed by atoms with Crippen molar-refractivity contribution in [3.63, 3.8) is 0 Å². The Morgan fingerprint density at radius 2 is 0.466 bits per heavy atom. The Labute approximate surface area is 429 Å². The smallest absolute Gasteiger partial charge is 0.0725 e. The highest BCUT2D eigenvalue weighted by Crippen LogP contribution is 2.62. The molecule has 0 bridgehead atoms. The summed E-state index contributed by atoms with van der Waals surface area (Å²) in [6.45, 7) is 8.57. The number of hydrogen-bond acceptors (Lipinski definition) is 2. The molecule has 2 heteroatoms. The van der Waals surface area contributed by atoms with Gasteiger partial charge in [-0.15, -0.1) is 0 Å². The van der Waals surface area contributed by atoms with Crippen LogP contribution in [0.2, 0.25) is 0 Å². The van der Waals surface area contributed by atoms with Crippen LogP contribution < -0.4 is 9.80 Å². The molecule has 0 amide bonds. The maximum atomic E-state index is 2.50. The third-order valence-corrected chi connectivity index (χ3v) is 15.4. The summed E-state index contributed by atoms with van der Waals surface area (Å²) in [6, 6.07) is 95.4. The summed E-state index contributed by atoms with van der Waals surface area (Å²) in [5.74, 6) is 0. The molecule has 0 saturated heterocycles. The SMILES string of the molecule is Cc1ccc(N(c2ccc(C)cc2)c2ccc(-c3ccc4c(c3)C3(c5ccccc5-c5ccccc5-c5ccccc53)c3cc(-c5ccc(N(c6ccc(C)cc6)c6ccc(C)cc6)cc5)ccc3-4)cc2)cc1. The van der Waals surface area contributed by atoms with Gasteiger partial charge in [-0.2, -0.15) is 0 Å². The number of fused-ring (bicyclic) bond motifs is 12. The number of nitrogens with zero attached hydrogens (tertiary/aromatic N) is 2. The van der Waals surface area contributed by atoms with Gasteiger partial charge in [0.2, 0.25) is 0 Å². The van der Waals surface area contributed by atoms with E-state index in [0.717, 1.165) is 34.1 Å². The maximum absolute atomic E-state index is 2.50. The third-order valence-electron chi connectivity index (χ3n) is 15.4. The fourth-order valence-corrected chi connectivity index (χ4v) is 11.7. The average Bonchev–Trinajstić information content (AvgIpc) is 3.67. The number of aryl methyl sites for hydroxylation is 4. The van der Waals surface area contributed by atoms with Crippen LogP contribution >= 0.6 is 0 Å². The van der Waals surface area contributed by atoms with Crippen LogP contribution in [0.5, 0.6) is 0 Å². The first-order chi connectivity index (χ1) is 35.8. The normalized spacial score (nSPS) is 12.5. The Kier molecular flexibility index (Phi) is 10.7. The molecule has 0 atom stereocenters. The Bertz CT molecular complexity index is 3500. The van der Waals surface area contributed by atoms with Crippen LogP contribution in [0, 0.1) is 27.7 Å². The number of hydrogen-bond donors (Lipinski definition) is 0. The van der Waals surface area contributed by atoms with Crippen LogP contribution in [-0.2, 0) is 5.41 Å². The lowest BCUT2D eigenvalue weighted by Gasteiger charge is -2.35. The van der Waals surface area contributed by atoms with Crippen LogP contribution in [0.1, 0.15) is 44.5 Å². The van der Waals surface area contributed by atoms with Crippen molar-refractivity contribution in [2.24, 2.45) is 0 Å². The molecule has 0 aromatic heterocycles. The molecule has 13 rings (SSSR count). The Hall–Kier alpha value is -8.98. The first kappa shape index (κ1) is 44.0. The van der Waals surface area contributed by atoms with Gasteiger partial charge in [-0.3, -0.25) is 0 Å². The van der Waals surface area contributed by atoms with Crippen LogP contribution in [0.15, 0.2) is 255 Å². The molecule has 11 aromatic rings. The van der Waals surface area contributed by atoms with E-state index in [9.17, 15) is 0 Å². The lowest BCUT2D eigenvalue weighted by Crippen LogP contribution is -2.29. The highest BCUT2D eigenvalue weighted by Gasteiger charge is 2.50. The second-order valence-electron chi connectivity index (χ2n) is 20.0. The molecular weight excluding hydrogens is 881 g/mol. The lowest BCUT2D eigenvalue weighted by molar-refractivity contribution is 0.776. The van der Waals surface area contributed by atoms with Crippen molar-refractivity contribution in [2.45, 2.75) is 33.1 Å². The molecule has 11 aromatic carbocycles. The fourth-order valence-electron chi connectivity index (χ4n) is 11.7. The number of rotatable bonds is 8. The highest BCUT2D eigenvalue weighted by atomic mass is 15.1. The first-order valence-corrected chi connectivity index (χ1v) is 25.5. The molecular formula is C71H54N2. The van der Waals surface area contributed by atoms with Crippen molar-refractivity contribution >= 4 is 34.1 Å². The Balaban J connectivity index is 0.974. The maximum Gasteiger partial charge on any atom is 0.0725 e. The summed E-state index contributed by atoms with van der Waals surface area (Å²) in [7, 11) is 0. The van der Waals surface area contributed by atoms with Gasteiger partial charge in [-0.25, -0.2) is 0 Å². The Morgan fingerprint density at radius 1 is 0.219 bits per heavy atom. The zero-order valence-electron chi connectivity index (χ0n) is 41.6. The van der Waals surface area contributed by atoms with Gasteiger partial charge >= 0.3 is 0 Å². The van der Waals surface area contributed by atoms with Crippen LogP contribution in [0.3, 0.4) is 0 Å². The highest BCUT2D eigenvalue weighted by molar-refractivity contribution is 5.98. The van der Waals surface area contributed by atoms with Gasteiger partial charge in [-0.05, 0) is 191 Å². The summed E-state index contributed by atoms with van der Waals surface area (Å²) in [5, 5.41) is 0. The van der Waals surface area contributed by atoms with Gasteiger partial charge < -0.3 is 9.80 Å². The second kappa shape index (κ2) is 17.7. The van der Waals surface area contributed by atoms with E-state index >= 15 is 0 Å². The topological polar surface area (TPSA) is 6.48 Å². The first-order valence-electron chi connectivity index (χ1n) is 25.5. The lowest BCUT2D eigenvalue weighted by atomic mass is 9.65. The van der Waals surface area contributed by atoms with Crippen molar-refractivity contribution in [1.82, 2.24) is 0 Å². The monoisotopic (exact) mass is 934 g/mol. The standard InChI is InChI=1S/C71H54N2/c1-47-17-31-55(32-18-47)72(56-33-19-48(2)20-34-56)59-39-25-51(26-40-59)53-29-43-65-66-44-30-54(52-27-41-60(42-28-52)73(57-35-21-49(3)22-36-57)58-37-23-50(4)24-38-58)46-70(66)71(69(65)45-53)67-15-9-7-13-63(67)61-11-5-6-12-62(61)64-14-8-10-16-68(64)71/h5-46H,1-4H3. The summed E-state index contributed by atoms with van der Waals surface area (Å²) in [6.07, 6.45) is 0. The zero-order valence-corrected chi connectivity index (χ0v) is 41.6. The molecule has 0 N–H and O–H groups in total. The van der Waals surface area contributed by atoms with Gasteiger partial charge in [0.05, 0.1) is 5.41 Å². The van der Waals surface area contributed by atoms with Crippen molar-refractivity contribution in [1.29, 1.82) is 0 Å². The molecule has 0 fully saturated rings. The molecule has 0 unspecified atom stereocenters. The van der Waals surface area contributed by atoms with Gasteiger partial charge in [-0.1, -0.05) is 192 Å². The van der Waals surface area contributed by atoms with Crippen molar-refractivity contribution in [3.05, 3.63) is 299 Å². The second-order valence-corrected chi connectivity index (χ2v) is 20.0. The third kappa shape index (κ3) is 7.40. The van der Waals surface area contributed by atoms with Gasteiger partial charge in [0, 0.05) is 34.1 Å². The van der Waals surface area contributed by atoms with Crippen LogP contribution in [0.25, 0.3) is 55.6 Å². The fraction of sp³-hybridized carbons (Fsp3) is 0.0704. The van der Waals surface area contributed by atoms with E-state index in [1.54, 1.807) is 0 Å². The molecule has 0 heterocycles. The molecule has 2 aliphatic rings. The van der Waals surface area contributed by atoms with E-state index < -0.39 is 5.41 Å². The van der Waals surface area contributed by atoms with Crippen LogP contribution in [0.4, 0.5) is 34.1 Å². The van der Waals surface area contributed by atoms with E-state index in [0.29, 0.717) is 0 Å². The molecule has 0 radical (unpaired) electrons. The summed E-state index contributed by atoms with van der Waals surface area (Å²) < 4.78 is 0. The summed E-state index contributed by atoms with van der Waals surface area (Å²) in [4.78, 5) is 4.70. The molecule has 2 nitrogen and oxygen atoms in total. The van der Waals surface area contributed by atoms with Gasteiger partial charge in [0.25, 0.3) is 0 Å². The zero-order chi connectivity index (χ0) is 49.2. The van der Waals surface area contributed by atoms with Crippen molar-refractivity contribution in [2.75, 3.05) is 9.80 Å². The minimum absolute atomic E-state index is 0.635. The molecule has 1 spiro atoms. The van der Waals surface area contributed by atoms with Gasteiger partial charge in [0.15, 0.2) is 0 Å². The predicted octanol–water partition coefficient (Wildman–Crippen LogP) is 19.2. The van der Waals surface area contributed by atoms with Crippen LogP contribution in [-0.4, -0.2) is 0 Å². The molecule has 348 valence electrons. The summed E-state index contributed by atoms with van der Waals surface area (Å²) >= 11 is 0. The summed E-state index contributed by atoms with van der Waals surface area (Å²) in [5.41, 5.74) is 28.6. The minimum Gasteiger partial charge on any atom is -0.311 e. The largest absolute Gasteiger partial charge is 0.311 e. The molecule has 2 aliphatic carbocycles. The molecule has 0 aliphatic heterocycles.